The summed E-state index contributed by atoms with van der Waals surface area (Å²) in [4.78, 5) is 24.1. The minimum absolute atomic E-state index is 0.0584. The van der Waals surface area contributed by atoms with Gasteiger partial charge in [-0.05, 0) is 38.0 Å². The largest absolute Gasteiger partial charge is 0.353 e. The number of hydrazone groups is 1. The second-order valence-corrected chi connectivity index (χ2v) is 7.16. The Morgan fingerprint density at radius 2 is 1.80 bits per heavy atom. The number of hydrogen-bond acceptors (Lipinski definition) is 3. The molecule has 1 aliphatic carbocycles. The van der Waals surface area contributed by atoms with Crippen LogP contribution in [0.25, 0.3) is 0 Å². The summed E-state index contributed by atoms with van der Waals surface area (Å²) in [6, 6.07) is 4.85. The summed E-state index contributed by atoms with van der Waals surface area (Å²) in [7, 11) is 0. The second-order valence-electron chi connectivity index (χ2n) is 6.35. The molecular weight excluding hydrogens is 361 g/mol. The molecule has 0 atom stereocenters. The van der Waals surface area contributed by atoms with Crippen LogP contribution < -0.4 is 10.7 Å². The van der Waals surface area contributed by atoms with E-state index in [4.69, 9.17) is 23.2 Å². The molecule has 7 heteroatoms. The minimum atomic E-state index is -0.401. The highest BCUT2D eigenvalue weighted by Gasteiger charge is 2.15. The van der Waals surface area contributed by atoms with Crippen LogP contribution >= 0.6 is 23.2 Å². The highest BCUT2D eigenvalue weighted by molar-refractivity contribution is 6.42. The van der Waals surface area contributed by atoms with Crippen molar-refractivity contribution in [2.75, 3.05) is 0 Å². The van der Waals surface area contributed by atoms with Crippen LogP contribution in [0.3, 0.4) is 0 Å². The Morgan fingerprint density at radius 1 is 1.12 bits per heavy atom. The van der Waals surface area contributed by atoms with Crippen LogP contribution in [0.2, 0.25) is 10.0 Å². The van der Waals surface area contributed by atoms with E-state index in [1.807, 2.05) is 0 Å². The third kappa shape index (κ3) is 6.67. The molecule has 5 nitrogen and oxygen atoms in total. The first-order valence-electron chi connectivity index (χ1n) is 8.53. The van der Waals surface area contributed by atoms with Gasteiger partial charge in [-0.3, -0.25) is 9.59 Å². The molecule has 0 aromatic heterocycles. The van der Waals surface area contributed by atoms with Gasteiger partial charge in [0.05, 0.1) is 16.5 Å². The number of halogens is 2. The molecule has 1 aromatic carbocycles. The highest BCUT2D eigenvalue weighted by Crippen LogP contribution is 2.22. The van der Waals surface area contributed by atoms with Crippen molar-refractivity contribution in [3.63, 3.8) is 0 Å². The monoisotopic (exact) mass is 383 g/mol. The Balaban J connectivity index is 1.82. The van der Waals surface area contributed by atoms with Crippen molar-refractivity contribution in [2.45, 2.75) is 57.9 Å². The zero-order chi connectivity index (χ0) is 18.2. The summed E-state index contributed by atoms with van der Waals surface area (Å²) in [5, 5.41) is 7.73. The van der Waals surface area contributed by atoms with Crippen LogP contribution in [0.4, 0.5) is 0 Å². The SMILES string of the molecule is CC(CC(=O)NC1CCCCCC1)=NNC(=O)c1ccc(Cl)c(Cl)c1. The van der Waals surface area contributed by atoms with Gasteiger partial charge in [0, 0.05) is 17.3 Å². The van der Waals surface area contributed by atoms with Gasteiger partial charge < -0.3 is 5.32 Å². The first kappa shape index (κ1) is 19.7. The third-order valence-electron chi connectivity index (χ3n) is 4.17. The number of hydrogen-bond donors (Lipinski definition) is 2. The first-order chi connectivity index (χ1) is 12.0. The molecule has 1 aliphatic rings. The summed E-state index contributed by atoms with van der Waals surface area (Å²) < 4.78 is 0. The molecule has 25 heavy (non-hydrogen) atoms. The lowest BCUT2D eigenvalue weighted by Gasteiger charge is -2.16. The fourth-order valence-electron chi connectivity index (χ4n) is 2.82. The quantitative estimate of drug-likeness (QED) is 0.451. The molecular formula is C18H23Cl2N3O2. The van der Waals surface area contributed by atoms with Crippen molar-refractivity contribution < 1.29 is 9.59 Å². The van der Waals surface area contributed by atoms with Gasteiger partial charge >= 0.3 is 0 Å². The fourth-order valence-corrected chi connectivity index (χ4v) is 3.12. The smallest absolute Gasteiger partial charge is 0.271 e. The number of benzene rings is 1. The van der Waals surface area contributed by atoms with Gasteiger partial charge in [0.1, 0.15) is 0 Å². The lowest BCUT2D eigenvalue weighted by molar-refractivity contribution is -0.120. The fraction of sp³-hybridized carbons (Fsp3) is 0.500. The van der Waals surface area contributed by atoms with Gasteiger partial charge in [0.2, 0.25) is 5.91 Å². The third-order valence-corrected chi connectivity index (χ3v) is 4.91. The van der Waals surface area contributed by atoms with Gasteiger partial charge in [-0.25, -0.2) is 5.43 Å². The maximum atomic E-state index is 12.1. The predicted octanol–water partition coefficient (Wildman–Crippen LogP) is 4.33. The molecule has 1 fully saturated rings. The summed E-state index contributed by atoms with van der Waals surface area (Å²) >= 11 is 11.7. The molecule has 2 N–H and O–H groups in total. The molecule has 2 amide bonds. The van der Waals surface area contributed by atoms with Crippen LogP contribution in [0.15, 0.2) is 23.3 Å². The topological polar surface area (TPSA) is 70.6 Å². The molecule has 1 saturated carbocycles. The molecule has 136 valence electrons. The molecule has 0 aliphatic heterocycles. The predicted molar refractivity (Wildman–Crippen MR) is 101 cm³/mol. The Bertz CT molecular complexity index is 654. The average molecular weight is 384 g/mol. The van der Waals surface area contributed by atoms with E-state index in [9.17, 15) is 9.59 Å². The van der Waals surface area contributed by atoms with E-state index in [1.165, 1.54) is 18.9 Å². The van der Waals surface area contributed by atoms with E-state index in [-0.39, 0.29) is 18.4 Å². The van der Waals surface area contributed by atoms with Crippen molar-refractivity contribution in [1.29, 1.82) is 0 Å². The van der Waals surface area contributed by atoms with E-state index >= 15 is 0 Å². The zero-order valence-electron chi connectivity index (χ0n) is 14.3. The number of amides is 2. The molecule has 0 unspecified atom stereocenters. The van der Waals surface area contributed by atoms with Crippen molar-refractivity contribution in [3.8, 4) is 0 Å². The lowest BCUT2D eigenvalue weighted by atomic mass is 10.1. The van der Waals surface area contributed by atoms with Gasteiger partial charge in [0.15, 0.2) is 0 Å². The van der Waals surface area contributed by atoms with Gasteiger partial charge in [0.25, 0.3) is 5.91 Å². The maximum Gasteiger partial charge on any atom is 0.271 e. The number of nitrogens with zero attached hydrogens (tertiary/aromatic N) is 1. The summed E-state index contributed by atoms with van der Waals surface area (Å²) in [5.74, 6) is -0.459. The summed E-state index contributed by atoms with van der Waals surface area (Å²) in [6.45, 7) is 1.71. The highest BCUT2D eigenvalue weighted by atomic mass is 35.5. The minimum Gasteiger partial charge on any atom is -0.353 e. The van der Waals surface area contributed by atoms with Crippen molar-refractivity contribution >= 4 is 40.7 Å². The average Bonchev–Trinajstić information content (AvgIpc) is 2.83. The van der Waals surface area contributed by atoms with Gasteiger partial charge in [-0.15, -0.1) is 0 Å². The number of carbonyl (C=O) groups excluding carboxylic acids is 2. The van der Waals surface area contributed by atoms with Crippen molar-refractivity contribution in [2.24, 2.45) is 5.10 Å². The summed E-state index contributed by atoms with van der Waals surface area (Å²) in [6.07, 6.45) is 7.06. The lowest BCUT2D eigenvalue weighted by Crippen LogP contribution is -2.35. The van der Waals surface area contributed by atoms with Crippen molar-refractivity contribution in [1.82, 2.24) is 10.7 Å². The Kier molecular flexibility index (Phi) is 7.72. The van der Waals surface area contributed by atoms with E-state index in [1.54, 1.807) is 19.1 Å². The van der Waals surface area contributed by atoms with Crippen LogP contribution in [-0.2, 0) is 4.79 Å². The number of rotatable bonds is 5. The van der Waals surface area contributed by atoms with Crippen molar-refractivity contribution in [3.05, 3.63) is 33.8 Å². The molecule has 1 aromatic rings. The molecule has 0 radical (unpaired) electrons. The van der Waals surface area contributed by atoms with Crippen LogP contribution in [-0.4, -0.2) is 23.6 Å². The normalized spacial score (nSPS) is 16.2. The molecule has 2 rings (SSSR count). The van der Waals surface area contributed by atoms with E-state index in [0.717, 1.165) is 25.7 Å². The molecule has 0 heterocycles. The zero-order valence-corrected chi connectivity index (χ0v) is 15.8. The standard InChI is InChI=1S/C18H23Cl2N3O2/c1-12(10-17(24)21-14-6-4-2-3-5-7-14)22-23-18(25)13-8-9-15(19)16(20)11-13/h8-9,11,14H,2-7,10H2,1H3,(H,21,24)(H,23,25). The molecule has 0 spiro atoms. The van der Waals surface area contributed by atoms with E-state index in [0.29, 0.717) is 21.3 Å². The van der Waals surface area contributed by atoms with E-state index in [2.05, 4.69) is 15.8 Å². The second kappa shape index (κ2) is 9.78. The first-order valence-corrected chi connectivity index (χ1v) is 9.29. The van der Waals surface area contributed by atoms with Crippen LogP contribution in [0.1, 0.15) is 62.2 Å². The number of nitrogens with one attached hydrogen (secondary N) is 2. The van der Waals surface area contributed by atoms with Gasteiger partial charge in [-0.2, -0.15) is 5.10 Å². The maximum absolute atomic E-state index is 12.1. The summed E-state index contributed by atoms with van der Waals surface area (Å²) in [5.41, 5.74) is 3.33. The van der Waals surface area contributed by atoms with Gasteiger partial charge in [-0.1, -0.05) is 48.9 Å². The Labute approximate surface area is 158 Å². The molecule has 0 bridgehead atoms. The van der Waals surface area contributed by atoms with E-state index < -0.39 is 5.91 Å². The Morgan fingerprint density at radius 3 is 2.44 bits per heavy atom. The van der Waals surface area contributed by atoms with Crippen LogP contribution in [0.5, 0.6) is 0 Å². The molecule has 0 saturated heterocycles. The Hall–Kier alpha value is -1.59. The van der Waals surface area contributed by atoms with Crippen LogP contribution in [0, 0.1) is 0 Å². The number of carbonyl (C=O) groups is 2.